The average molecular weight is 450 g/mol. The summed E-state index contributed by atoms with van der Waals surface area (Å²) in [6.45, 7) is 2.33. The van der Waals surface area contributed by atoms with Crippen molar-refractivity contribution in [2.45, 2.75) is 44.2 Å². The molecule has 1 aliphatic rings. The highest BCUT2D eigenvalue weighted by molar-refractivity contribution is 7.71. The van der Waals surface area contributed by atoms with Crippen molar-refractivity contribution < 1.29 is 4.79 Å². The Morgan fingerprint density at radius 1 is 1.23 bits per heavy atom. The van der Waals surface area contributed by atoms with Crippen molar-refractivity contribution in [1.29, 1.82) is 0 Å². The quantitative estimate of drug-likeness (QED) is 0.401. The summed E-state index contributed by atoms with van der Waals surface area (Å²) in [5.41, 5.74) is 1.18. The summed E-state index contributed by atoms with van der Waals surface area (Å²) in [6.07, 6.45) is 2.74. The monoisotopic (exact) mass is 449 g/mol. The molecule has 1 atom stereocenters. The van der Waals surface area contributed by atoms with Crippen LogP contribution in [0.3, 0.4) is 0 Å². The van der Waals surface area contributed by atoms with Crippen molar-refractivity contribution in [3.8, 4) is 0 Å². The Morgan fingerprint density at radius 2 is 1.97 bits per heavy atom. The third kappa shape index (κ3) is 3.93. The maximum absolute atomic E-state index is 13.6. The topological polar surface area (TPSA) is 75.6 Å². The molecule has 4 aromatic rings. The highest BCUT2D eigenvalue weighted by Crippen LogP contribution is 2.36. The minimum Gasteiger partial charge on any atom is -0.348 e. The van der Waals surface area contributed by atoms with Gasteiger partial charge in [-0.2, -0.15) is 5.10 Å². The number of hydrogen-bond acceptors (Lipinski definition) is 5. The fourth-order valence-electron chi connectivity index (χ4n) is 3.94. The Morgan fingerprint density at radius 3 is 2.71 bits per heavy atom. The van der Waals surface area contributed by atoms with E-state index >= 15 is 0 Å². The van der Waals surface area contributed by atoms with Gasteiger partial charge in [-0.15, -0.1) is 11.3 Å². The Labute approximate surface area is 189 Å². The van der Waals surface area contributed by atoms with Gasteiger partial charge in [0.25, 0.3) is 0 Å². The first-order valence-corrected chi connectivity index (χ1v) is 11.6. The Bertz CT molecular complexity index is 1260. The van der Waals surface area contributed by atoms with Crippen LogP contribution in [0.25, 0.3) is 10.2 Å². The molecular weight excluding hydrogens is 426 g/mol. The zero-order chi connectivity index (χ0) is 21.4. The highest BCUT2D eigenvalue weighted by Gasteiger charge is 2.37. The zero-order valence-corrected chi connectivity index (χ0v) is 18.8. The number of para-hydroxylation sites is 1. The molecule has 1 saturated carbocycles. The van der Waals surface area contributed by atoms with Crippen LogP contribution in [0.5, 0.6) is 0 Å². The molecule has 158 valence electrons. The zero-order valence-electron chi connectivity index (χ0n) is 17.2. The van der Waals surface area contributed by atoms with E-state index < -0.39 is 5.41 Å². The number of rotatable bonds is 7. The van der Waals surface area contributed by atoms with Crippen LogP contribution >= 0.6 is 23.6 Å². The van der Waals surface area contributed by atoms with Crippen molar-refractivity contribution in [1.82, 2.24) is 25.1 Å². The molecule has 0 aliphatic heterocycles. The van der Waals surface area contributed by atoms with E-state index in [4.69, 9.17) is 17.2 Å². The summed E-state index contributed by atoms with van der Waals surface area (Å²) >= 11 is 7.00. The smallest absolute Gasteiger partial charge is 0.231 e. The predicted octanol–water partition coefficient (Wildman–Crippen LogP) is 4.70. The van der Waals surface area contributed by atoms with Gasteiger partial charge in [-0.05, 0) is 49.7 Å². The first kappa shape index (κ1) is 20.1. The second kappa shape index (κ2) is 8.01. The maximum Gasteiger partial charge on any atom is 0.231 e. The number of nitrogens with one attached hydrogen (secondary N) is 2. The van der Waals surface area contributed by atoms with E-state index in [2.05, 4.69) is 21.6 Å². The number of carbonyl (C=O) groups excluding carboxylic acids is 1. The predicted molar refractivity (Wildman–Crippen MR) is 125 cm³/mol. The average Bonchev–Trinajstić information content (AvgIpc) is 3.43. The van der Waals surface area contributed by atoms with Gasteiger partial charge in [-0.25, -0.2) is 4.98 Å². The standard InChI is InChI=1S/C23H23N5OS2/c1-23(15-7-3-2-4-8-15,13-20-25-17-9-5-6-10-18(17)31-20)21(29)24-14-19-26-27-22(30)28(19)16-11-12-16/h2-10,16H,11-14H2,1H3,(H,24,29)(H,27,30). The number of thiazole rings is 1. The van der Waals surface area contributed by atoms with Gasteiger partial charge in [-0.3, -0.25) is 14.5 Å². The minimum absolute atomic E-state index is 0.0470. The number of aromatic nitrogens is 4. The normalized spacial score (nSPS) is 15.6. The van der Waals surface area contributed by atoms with Gasteiger partial charge in [0, 0.05) is 12.5 Å². The number of H-pyrrole nitrogens is 1. The SMILES string of the molecule is CC(Cc1nc2ccccc2s1)(C(=O)NCc1n[nH]c(=S)n1C1CC1)c1ccccc1. The molecule has 2 heterocycles. The van der Waals surface area contributed by atoms with Gasteiger partial charge in [0.05, 0.1) is 27.2 Å². The van der Waals surface area contributed by atoms with Crippen molar-refractivity contribution in [2.75, 3.05) is 0 Å². The molecule has 2 aromatic heterocycles. The Hall–Kier alpha value is -2.84. The molecule has 31 heavy (non-hydrogen) atoms. The summed E-state index contributed by atoms with van der Waals surface area (Å²) < 4.78 is 3.78. The number of hydrogen-bond donors (Lipinski definition) is 2. The molecule has 1 amide bonds. The minimum atomic E-state index is -0.757. The summed E-state index contributed by atoms with van der Waals surface area (Å²) in [7, 11) is 0. The molecule has 1 fully saturated rings. The fraction of sp³-hybridized carbons (Fsp3) is 0.304. The lowest BCUT2D eigenvalue weighted by Gasteiger charge is -2.28. The number of aromatic amines is 1. The van der Waals surface area contributed by atoms with Crippen molar-refractivity contribution in [2.24, 2.45) is 0 Å². The third-order valence-electron chi connectivity index (χ3n) is 5.85. The van der Waals surface area contributed by atoms with Crippen LogP contribution in [0, 0.1) is 4.77 Å². The molecule has 5 rings (SSSR count). The van der Waals surface area contributed by atoms with Crippen LogP contribution in [-0.4, -0.2) is 25.7 Å². The molecule has 8 heteroatoms. The highest BCUT2D eigenvalue weighted by atomic mass is 32.1. The van der Waals surface area contributed by atoms with Crippen LogP contribution in [0.2, 0.25) is 0 Å². The molecule has 0 spiro atoms. The molecule has 2 N–H and O–H groups in total. The Balaban J connectivity index is 1.43. The summed E-state index contributed by atoms with van der Waals surface area (Å²) in [5.74, 6) is 0.727. The van der Waals surface area contributed by atoms with Gasteiger partial charge in [0.2, 0.25) is 5.91 Å². The van der Waals surface area contributed by atoms with Crippen molar-refractivity contribution >= 4 is 39.7 Å². The van der Waals surface area contributed by atoms with Crippen LogP contribution in [-0.2, 0) is 23.2 Å². The van der Waals surface area contributed by atoms with Crippen molar-refractivity contribution in [3.63, 3.8) is 0 Å². The van der Waals surface area contributed by atoms with E-state index in [-0.39, 0.29) is 5.91 Å². The second-order valence-corrected chi connectivity index (χ2v) is 9.68. The van der Waals surface area contributed by atoms with Gasteiger partial charge < -0.3 is 5.32 Å². The lowest BCUT2D eigenvalue weighted by molar-refractivity contribution is -0.126. The van der Waals surface area contributed by atoms with E-state index in [1.807, 2.05) is 60.0 Å². The fourth-order valence-corrected chi connectivity index (χ4v) is 5.37. The second-order valence-electron chi connectivity index (χ2n) is 8.18. The van der Waals surface area contributed by atoms with Crippen LogP contribution in [0.4, 0.5) is 0 Å². The molecule has 0 bridgehead atoms. The summed E-state index contributed by atoms with van der Waals surface area (Å²) in [4.78, 5) is 18.3. The molecule has 6 nitrogen and oxygen atoms in total. The first-order chi connectivity index (χ1) is 15.0. The van der Waals surface area contributed by atoms with E-state index in [0.29, 0.717) is 23.8 Å². The summed E-state index contributed by atoms with van der Waals surface area (Å²) in [5, 5.41) is 11.3. The molecule has 0 radical (unpaired) electrons. The van der Waals surface area contributed by atoms with Gasteiger partial charge >= 0.3 is 0 Å². The number of fused-ring (bicyclic) bond motifs is 1. The van der Waals surface area contributed by atoms with Crippen LogP contribution in [0.15, 0.2) is 54.6 Å². The van der Waals surface area contributed by atoms with Crippen LogP contribution in [0.1, 0.15) is 42.2 Å². The molecule has 2 aromatic carbocycles. The molecule has 0 saturated heterocycles. The maximum atomic E-state index is 13.6. The number of amides is 1. The molecule has 1 aliphatic carbocycles. The van der Waals surface area contributed by atoms with E-state index in [1.54, 1.807) is 11.3 Å². The molecule has 1 unspecified atom stereocenters. The number of carbonyl (C=O) groups is 1. The lowest BCUT2D eigenvalue weighted by atomic mass is 9.78. The van der Waals surface area contributed by atoms with Crippen molar-refractivity contribution in [3.05, 3.63) is 75.8 Å². The van der Waals surface area contributed by atoms with Gasteiger partial charge in [-0.1, -0.05) is 42.5 Å². The number of benzene rings is 2. The van der Waals surface area contributed by atoms with E-state index in [9.17, 15) is 4.79 Å². The third-order valence-corrected chi connectivity index (χ3v) is 7.18. The van der Waals surface area contributed by atoms with Gasteiger partial charge in [0.1, 0.15) is 0 Å². The Kier molecular flexibility index (Phi) is 5.19. The first-order valence-electron chi connectivity index (χ1n) is 10.4. The van der Waals surface area contributed by atoms with Gasteiger partial charge in [0.15, 0.2) is 10.6 Å². The summed E-state index contributed by atoms with van der Waals surface area (Å²) in [6, 6.07) is 18.4. The van der Waals surface area contributed by atoms with E-state index in [0.717, 1.165) is 39.5 Å². The lowest BCUT2D eigenvalue weighted by Crippen LogP contribution is -2.44. The van der Waals surface area contributed by atoms with Crippen LogP contribution < -0.4 is 5.32 Å². The van der Waals surface area contributed by atoms with E-state index in [1.165, 1.54) is 0 Å². The molecular formula is C23H23N5OS2. The number of nitrogens with zero attached hydrogens (tertiary/aromatic N) is 3. The largest absolute Gasteiger partial charge is 0.348 e.